The van der Waals surface area contributed by atoms with Crippen LogP contribution in [0.5, 0.6) is 0 Å². The largest absolute Gasteiger partial charge is 0.511 e. The van der Waals surface area contributed by atoms with Crippen molar-refractivity contribution in [1.29, 1.82) is 0 Å². The molecule has 3 rings (SSSR count). The monoisotopic (exact) mass is 502 g/mol. The first kappa shape index (κ1) is 28.6. The third kappa shape index (κ3) is 4.60. The van der Waals surface area contributed by atoms with E-state index in [1.807, 2.05) is 73.6 Å². The summed E-state index contributed by atoms with van der Waals surface area (Å²) in [5, 5.41) is 11.8. The molecule has 3 atom stereocenters. The summed E-state index contributed by atoms with van der Waals surface area (Å²) in [5.74, 6) is -1.77. The normalized spacial score (nSPS) is 26.4. The van der Waals surface area contributed by atoms with Crippen molar-refractivity contribution in [3.63, 3.8) is 0 Å². The molecule has 1 fully saturated rings. The number of hydrogen-bond donors (Lipinski definition) is 1. The molecule has 198 valence electrons. The van der Waals surface area contributed by atoms with Crippen LogP contribution in [0.25, 0.3) is 0 Å². The highest BCUT2D eigenvalue weighted by molar-refractivity contribution is 6.36. The number of allylic oxidation sites excluding steroid dienone is 8. The third-order valence-corrected chi connectivity index (χ3v) is 8.47. The maximum atomic E-state index is 14.8. The van der Waals surface area contributed by atoms with Gasteiger partial charge in [0.1, 0.15) is 5.76 Å². The minimum Gasteiger partial charge on any atom is -0.511 e. The zero-order valence-corrected chi connectivity index (χ0v) is 23.7. The van der Waals surface area contributed by atoms with Gasteiger partial charge in [-0.05, 0) is 78.6 Å². The predicted octanol–water partition coefficient (Wildman–Crippen LogP) is 7.92. The van der Waals surface area contributed by atoms with Crippen molar-refractivity contribution in [1.82, 2.24) is 0 Å². The van der Waals surface area contributed by atoms with E-state index >= 15 is 0 Å². The molecule has 0 aromatic heterocycles. The van der Waals surface area contributed by atoms with E-state index in [9.17, 15) is 19.5 Å². The summed E-state index contributed by atoms with van der Waals surface area (Å²) < 4.78 is 0. The van der Waals surface area contributed by atoms with Gasteiger partial charge in [0.05, 0.1) is 5.41 Å². The van der Waals surface area contributed by atoms with Gasteiger partial charge in [-0.2, -0.15) is 0 Å². The number of rotatable bonds is 8. The fraction of sp³-hybridized carbons (Fsp3) is 0.485. The molecule has 1 N–H and O–H groups in total. The molecule has 1 aromatic rings. The summed E-state index contributed by atoms with van der Waals surface area (Å²) in [5.41, 5.74) is -0.517. The molecular formula is C33H42O4. The van der Waals surface area contributed by atoms with Gasteiger partial charge in [0.15, 0.2) is 22.8 Å². The van der Waals surface area contributed by atoms with Crippen molar-refractivity contribution in [3.8, 4) is 0 Å². The summed E-state index contributed by atoms with van der Waals surface area (Å²) in [7, 11) is 0. The highest BCUT2D eigenvalue weighted by atomic mass is 16.3. The van der Waals surface area contributed by atoms with Crippen LogP contribution < -0.4 is 0 Å². The van der Waals surface area contributed by atoms with E-state index in [0.717, 1.165) is 16.7 Å². The SMILES string of the molecule is CC(C)=CCC1=C(O)[C@@]2(CC=C(C)C)CC(CC=C(C)C)C(C)(C)[C@@](C(=O)c3ccccc3)(C1=O)C2=O. The predicted molar refractivity (Wildman–Crippen MR) is 149 cm³/mol. The third-order valence-electron chi connectivity index (χ3n) is 8.47. The maximum Gasteiger partial charge on any atom is 0.184 e. The van der Waals surface area contributed by atoms with Gasteiger partial charge in [-0.15, -0.1) is 0 Å². The molecule has 1 aromatic carbocycles. The van der Waals surface area contributed by atoms with Crippen molar-refractivity contribution in [3.05, 3.63) is 82.2 Å². The van der Waals surface area contributed by atoms with E-state index in [1.165, 1.54) is 0 Å². The molecule has 4 heteroatoms. The minimum absolute atomic E-state index is 0.147. The Morgan fingerprint density at radius 2 is 1.49 bits per heavy atom. The quantitative estimate of drug-likeness (QED) is 0.223. The second kappa shape index (κ2) is 10.4. The summed E-state index contributed by atoms with van der Waals surface area (Å²) in [6.45, 7) is 15.6. The average Bonchev–Trinajstić information content (AvgIpc) is 2.82. The van der Waals surface area contributed by atoms with Gasteiger partial charge in [0.2, 0.25) is 0 Å². The van der Waals surface area contributed by atoms with Crippen LogP contribution in [0, 0.1) is 22.2 Å². The molecule has 4 nitrogen and oxygen atoms in total. The highest BCUT2D eigenvalue weighted by Crippen LogP contribution is 2.66. The van der Waals surface area contributed by atoms with Gasteiger partial charge in [0.25, 0.3) is 0 Å². The number of fused-ring (bicyclic) bond motifs is 2. The summed E-state index contributed by atoms with van der Waals surface area (Å²) in [6, 6.07) is 8.68. The van der Waals surface area contributed by atoms with Crippen LogP contribution in [0.1, 0.15) is 91.4 Å². The van der Waals surface area contributed by atoms with E-state index in [-0.39, 0.29) is 30.1 Å². The minimum atomic E-state index is -1.92. The molecule has 1 unspecified atom stereocenters. The Labute approximate surface area is 222 Å². The number of aliphatic hydroxyl groups excluding tert-OH is 1. The average molecular weight is 503 g/mol. The molecule has 0 amide bonds. The zero-order valence-electron chi connectivity index (χ0n) is 23.7. The molecule has 0 aliphatic heterocycles. The lowest BCUT2D eigenvalue weighted by molar-refractivity contribution is -0.164. The Kier molecular flexibility index (Phi) is 8.02. The van der Waals surface area contributed by atoms with Gasteiger partial charge >= 0.3 is 0 Å². The van der Waals surface area contributed by atoms with E-state index < -0.39 is 33.6 Å². The van der Waals surface area contributed by atoms with Crippen molar-refractivity contribution >= 4 is 17.3 Å². The van der Waals surface area contributed by atoms with Crippen LogP contribution in [0.4, 0.5) is 0 Å². The summed E-state index contributed by atoms with van der Waals surface area (Å²) >= 11 is 0. The van der Waals surface area contributed by atoms with Crippen LogP contribution in [0.3, 0.4) is 0 Å². The maximum absolute atomic E-state index is 14.8. The van der Waals surface area contributed by atoms with Crippen LogP contribution in [0.2, 0.25) is 0 Å². The Morgan fingerprint density at radius 3 is 2.03 bits per heavy atom. The number of carbonyl (C=O) groups excluding carboxylic acids is 3. The van der Waals surface area contributed by atoms with Crippen molar-refractivity contribution in [2.75, 3.05) is 0 Å². The molecule has 2 aliphatic carbocycles. The second-order valence-corrected chi connectivity index (χ2v) is 12.1. The molecule has 2 aliphatic rings. The summed E-state index contributed by atoms with van der Waals surface area (Å²) in [6.07, 6.45) is 7.41. The molecule has 37 heavy (non-hydrogen) atoms. The van der Waals surface area contributed by atoms with E-state index in [4.69, 9.17) is 0 Å². The number of aliphatic hydroxyl groups is 1. The van der Waals surface area contributed by atoms with Crippen LogP contribution >= 0.6 is 0 Å². The Bertz CT molecular complexity index is 1210. The first-order chi connectivity index (χ1) is 17.2. The van der Waals surface area contributed by atoms with E-state index in [1.54, 1.807) is 24.3 Å². The van der Waals surface area contributed by atoms with Crippen LogP contribution in [0.15, 0.2) is 76.6 Å². The van der Waals surface area contributed by atoms with Gasteiger partial charge in [-0.25, -0.2) is 0 Å². The molecule has 2 bridgehead atoms. The fourth-order valence-corrected chi connectivity index (χ4v) is 6.16. The number of benzene rings is 1. The van der Waals surface area contributed by atoms with Gasteiger partial charge in [-0.3, -0.25) is 14.4 Å². The summed E-state index contributed by atoms with van der Waals surface area (Å²) in [4.78, 5) is 43.9. The topological polar surface area (TPSA) is 71.4 Å². The lowest BCUT2D eigenvalue weighted by atomic mass is 9.39. The van der Waals surface area contributed by atoms with E-state index in [2.05, 4.69) is 6.08 Å². The standard InChI is InChI=1S/C33H42O4/c1-21(2)14-16-25-20-32(19-18-23(5)6)28(35)26(17-15-22(3)4)29(36)33(30(32)37,31(25,7)8)27(34)24-12-10-9-11-13-24/h9-15,18,25,35H,16-17,19-20H2,1-8H3/t25?,32-,33+/m1/s1. The van der Waals surface area contributed by atoms with Gasteiger partial charge in [0, 0.05) is 11.1 Å². The van der Waals surface area contributed by atoms with E-state index in [0.29, 0.717) is 18.4 Å². The molecule has 0 spiro atoms. The van der Waals surface area contributed by atoms with Crippen LogP contribution in [-0.2, 0) is 9.59 Å². The highest BCUT2D eigenvalue weighted by Gasteiger charge is 2.74. The number of ketones is 3. The van der Waals surface area contributed by atoms with Gasteiger partial charge in [-0.1, -0.05) is 79.1 Å². The van der Waals surface area contributed by atoms with Gasteiger partial charge < -0.3 is 5.11 Å². The Balaban J connectivity index is 2.45. The fourth-order valence-electron chi connectivity index (χ4n) is 6.16. The first-order valence-corrected chi connectivity index (χ1v) is 13.3. The number of Topliss-reactive ketones (excluding diaryl/α,β-unsaturated/α-hetero) is 3. The van der Waals surface area contributed by atoms with Crippen molar-refractivity contribution in [2.24, 2.45) is 22.2 Å². The lowest BCUT2D eigenvalue weighted by Gasteiger charge is -2.59. The molecule has 1 saturated carbocycles. The number of hydrogen-bond acceptors (Lipinski definition) is 4. The molecular weight excluding hydrogens is 460 g/mol. The van der Waals surface area contributed by atoms with Crippen molar-refractivity contribution < 1.29 is 19.5 Å². The Hall–Kier alpha value is -3.01. The second-order valence-electron chi connectivity index (χ2n) is 12.1. The number of carbonyl (C=O) groups is 3. The lowest BCUT2D eigenvalue weighted by Crippen LogP contribution is -2.69. The molecule has 0 radical (unpaired) electrons. The zero-order chi connectivity index (χ0) is 27.8. The Morgan fingerprint density at radius 1 is 0.919 bits per heavy atom. The van der Waals surface area contributed by atoms with Crippen molar-refractivity contribution in [2.45, 2.75) is 81.1 Å². The molecule has 0 saturated heterocycles. The first-order valence-electron chi connectivity index (χ1n) is 13.3. The van der Waals surface area contributed by atoms with Crippen LogP contribution in [-0.4, -0.2) is 22.5 Å². The molecule has 0 heterocycles. The smallest absolute Gasteiger partial charge is 0.184 e.